The van der Waals surface area contributed by atoms with Crippen LogP contribution in [-0.4, -0.2) is 51.4 Å². The number of hydrogen-bond acceptors (Lipinski definition) is 5. The molecule has 0 aliphatic carbocycles. The van der Waals surface area contributed by atoms with Crippen LogP contribution in [0.25, 0.3) is 0 Å². The Labute approximate surface area is 258 Å². The molecule has 8 nitrogen and oxygen atoms in total. The Kier molecular flexibility index (Phi) is 11.1. The minimum atomic E-state index is -4.26. The monoisotopic (exact) mass is 617 g/mol. The second-order valence-electron chi connectivity index (χ2n) is 10.1. The third-order valence-electron chi connectivity index (χ3n) is 7.05. The number of para-hydroxylation sites is 2. The quantitative estimate of drug-likeness (QED) is 0.210. The molecule has 0 aliphatic heterocycles. The van der Waals surface area contributed by atoms with Gasteiger partial charge in [0, 0.05) is 19.5 Å². The first-order valence-corrected chi connectivity index (χ1v) is 15.7. The van der Waals surface area contributed by atoms with Crippen molar-refractivity contribution in [3.8, 4) is 5.75 Å². The third kappa shape index (κ3) is 8.02. The SMILES string of the molecule is CCCNC(=O)[C@H](Cc1ccccc1)N(Cc1ccc(F)cc1)C(=O)CN(c1ccccc1OC)S(=O)(=O)c1ccccc1. The number of hydrogen-bond donors (Lipinski definition) is 1. The molecule has 0 radical (unpaired) electrons. The van der Waals surface area contributed by atoms with E-state index in [-0.39, 0.29) is 35.2 Å². The molecule has 1 atom stereocenters. The van der Waals surface area contributed by atoms with Crippen LogP contribution in [0.4, 0.5) is 10.1 Å². The highest BCUT2D eigenvalue weighted by Gasteiger charge is 2.35. The van der Waals surface area contributed by atoms with Gasteiger partial charge in [-0.15, -0.1) is 0 Å². The van der Waals surface area contributed by atoms with Gasteiger partial charge in [-0.3, -0.25) is 13.9 Å². The van der Waals surface area contributed by atoms with Crippen molar-refractivity contribution in [3.63, 3.8) is 0 Å². The van der Waals surface area contributed by atoms with Crippen LogP contribution < -0.4 is 14.4 Å². The second-order valence-corrected chi connectivity index (χ2v) is 12.0. The Morgan fingerprint density at radius 3 is 2.09 bits per heavy atom. The lowest BCUT2D eigenvalue weighted by atomic mass is 10.0. The maximum Gasteiger partial charge on any atom is 0.264 e. The van der Waals surface area contributed by atoms with Gasteiger partial charge in [0.05, 0.1) is 17.7 Å². The zero-order valence-electron chi connectivity index (χ0n) is 24.7. The van der Waals surface area contributed by atoms with Crippen LogP contribution >= 0.6 is 0 Å². The summed E-state index contributed by atoms with van der Waals surface area (Å²) in [5, 5.41) is 2.90. The van der Waals surface area contributed by atoms with Crippen molar-refractivity contribution in [2.45, 2.75) is 37.2 Å². The molecule has 0 unspecified atom stereocenters. The van der Waals surface area contributed by atoms with E-state index in [2.05, 4.69) is 5.32 Å². The molecular formula is C34H36FN3O5S. The minimum absolute atomic E-state index is 0.00897. The van der Waals surface area contributed by atoms with Gasteiger partial charge in [-0.25, -0.2) is 12.8 Å². The summed E-state index contributed by atoms with van der Waals surface area (Å²) >= 11 is 0. The summed E-state index contributed by atoms with van der Waals surface area (Å²) in [6, 6.07) is 28.3. The van der Waals surface area contributed by atoms with Gasteiger partial charge < -0.3 is 15.0 Å². The third-order valence-corrected chi connectivity index (χ3v) is 8.82. The summed E-state index contributed by atoms with van der Waals surface area (Å²) in [4.78, 5) is 29.4. The van der Waals surface area contributed by atoms with Crippen LogP contribution in [-0.2, 0) is 32.6 Å². The van der Waals surface area contributed by atoms with E-state index in [1.807, 2.05) is 37.3 Å². The molecule has 10 heteroatoms. The van der Waals surface area contributed by atoms with Gasteiger partial charge in [-0.1, -0.05) is 79.7 Å². The number of nitrogens with one attached hydrogen (secondary N) is 1. The van der Waals surface area contributed by atoms with Gasteiger partial charge in [-0.05, 0) is 53.9 Å². The van der Waals surface area contributed by atoms with E-state index in [4.69, 9.17) is 4.74 Å². The molecular weight excluding hydrogens is 581 g/mol. The van der Waals surface area contributed by atoms with Crippen molar-refractivity contribution in [1.29, 1.82) is 0 Å². The van der Waals surface area contributed by atoms with Gasteiger partial charge in [0.2, 0.25) is 11.8 Å². The van der Waals surface area contributed by atoms with Crippen LogP contribution in [0.1, 0.15) is 24.5 Å². The van der Waals surface area contributed by atoms with Crippen LogP contribution in [0.15, 0.2) is 114 Å². The number of rotatable bonds is 14. The highest BCUT2D eigenvalue weighted by Crippen LogP contribution is 2.32. The number of nitrogens with zero attached hydrogens (tertiary/aromatic N) is 2. The van der Waals surface area contributed by atoms with Crippen LogP contribution in [0, 0.1) is 5.82 Å². The Balaban J connectivity index is 1.81. The van der Waals surface area contributed by atoms with E-state index in [1.54, 1.807) is 42.5 Å². The van der Waals surface area contributed by atoms with Gasteiger partial charge >= 0.3 is 0 Å². The van der Waals surface area contributed by atoms with Crippen molar-refractivity contribution in [2.75, 3.05) is 24.5 Å². The number of carbonyl (C=O) groups is 2. The largest absolute Gasteiger partial charge is 0.495 e. The predicted octanol–water partition coefficient (Wildman–Crippen LogP) is 5.20. The molecule has 0 spiro atoms. The molecule has 0 heterocycles. The predicted molar refractivity (Wildman–Crippen MR) is 168 cm³/mol. The Hall–Kier alpha value is -4.70. The van der Waals surface area contributed by atoms with Crippen molar-refractivity contribution in [3.05, 3.63) is 126 Å². The van der Waals surface area contributed by atoms with Crippen LogP contribution in [0.3, 0.4) is 0 Å². The number of ether oxygens (including phenoxy) is 1. The number of halogens is 1. The number of sulfonamides is 1. The topological polar surface area (TPSA) is 96.0 Å². The Bertz CT molecular complexity index is 1630. The first-order chi connectivity index (χ1) is 21.2. The van der Waals surface area contributed by atoms with Gasteiger partial charge in [-0.2, -0.15) is 0 Å². The number of anilines is 1. The van der Waals surface area contributed by atoms with E-state index >= 15 is 0 Å². The molecule has 0 saturated carbocycles. The summed E-state index contributed by atoms with van der Waals surface area (Å²) in [6.07, 6.45) is 0.871. The lowest BCUT2D eigenvalue weighted by molar-refractivity contribution is -0.140. The number of methoxy groups -OCH3 is 1. The molecule has 44 heavy (non-hydrogen) atoms. The van der Waals surface area contributed by atoms with E-state index in [0.717, 1.165) is 9.87 Å². The summed E-state index contributed by atoms with van der Waals surface area (Å²) in [7, 11) is -2.84. The van der Waals surface area contributed by atoms with Crippen molar-refractivity contribution in [1.82, 2.24) is 10.2 Å². The average Bonchev–Trinajstić information content (AvgIpc) is 3.05. The molecule has 230 valence electrons. The number of carbonyl (C=O) groups excluding carboxylic acids is 2. The van der Waals surface area contributed by atoms with E-state index in [9.17, 15) is 22.4 Å². The molecule has 0 saturated heterocycles. The van der Waals surface area contributed by atoms with Gasteiger partial charge in [0.1, 0.15) is 24.2 Å². The lowest BCUT2D eigenvalue weighted by Gasteiger charge is -2.34. The fraction of sp³-hybridized carbons (Fsp3) is 0.235. The molecule has 4 rings (SSSR count). The van der Waals surface area contributed by atoms with Crippen molar-refractivity contribution in [2.24, 2.45) is 0 Å². The highest BCUT2D eigenvalue weighted by atomic mass is 32.2. The lowest BCUT2D eigenvalue weighted by Crippen LogP contribution is -2.53. The summed E-state index contributed by atoms with van der Waals surface area (Å²) < 4.78 is 48.4. The molecule has 2 amide bonds. The summed E-state index contributed by atoms with van der Waals surface area (Å²) in [5.74, 6) is -1.18. The first kappa shape index (κ1) is 32.2. The maximum absolute atomic E-state index is 14.4. The summed E-state index contributed by atoms with van der Waals surface area (Å²) in [6.45, 7) is 1.65. The number of amides is 2. The average molecular weight is 618 g/mol. The van der Waals surface area contributed by atoms with E-state index < -0.39 is 34.3 Å². The molecule has 0 aliphatic rings. The molecule has 0 aromatic heterocycles. The molecule has 0 bridgehead atoms. The minimum Gasteiger partial charge on any atom is -0.495 e. The Morgan fingerprint density at radius 1 is 0.841 bits per heavy atom. The highest BCUT2D eigenvalue weighted by molar-refractivity contribution is 7.92. The molecule has 1 N–H and O–H groups in total. The second kappa shape index (κ2) is 15.2. The zero-order valence-corrected chi connectivity index (χ0v) is 25.5. The standard InChI is InChI=1S/C34H36FN3O5S/c1-3-22-36-34(40)31(23-26-12-6-4-7-13-26)37(24-27-18-20-28(35)21-19-27)33(39)25-38(30-16-10-11-17-32(30)43-2)44(41,42)29-14-8-5-9-15-29/h4-21,31H,3,22-25H2,1-2H3,(H,36,40)/t31-/m0/s1. The normalized spacial score (nSPS) is 11.8. The van der Waals surface area contributed by atoms with Gasteiger partial charge in [0.15, 0.2) is 0 Å². The zero-order chi connectivity index (χ0) is 31.5. The Morgan fingerprint density at radius 2 is 1.45 bits per heavy atom. The number of benzene rings is 4. The maximum atomic E-state index is 14.4. The molecule has 4 aromatic carbocycles. The van der Waals surface area contributed by atoms with Crippen LogP contribution in [0.5, 0.6) is 5.75 Å². The first-order valence-electron chi connectivity index (χ1n) is 14.3. The van der Waals surface area contributed by atoms with Crippen LogP contribution in [0.2, 0.25) is 0 Å². The molecule has 0 fully saturated rings. The van der Waals surface area contributed by atoms with E-state index in [1.165, 1.54) is 48.4 Å². The van der Waals surface area contributed by atoms with Crippen molar-refractivity contribution < 1.29 is 27.1 Å². The van der Waals surface area contributed by atoms with Crippen molar-refractivity contribution >= 4 is 27.5 Å². The fourth-order valence-corrected chi connectivity index (χ4v) is 6.22. The van der Waals surface area contributed by atoms with E-state index in [0.29, 0.717) is 18.5 Å². The van der Waals surface area contributed by atoms with Gasteiger partial charge in [0.25, 0.3) is 10.0 Å². The summed E-state index contributed by atoms with van der Waals surface area (Å²) in [5.41, 5.74) is 1.57. The molecule has 4 aromatic rings. The fourth-order valence-electron chi connectivity index (χ4n) is 4.78. The smallest absolute Gasteiger partial charge is 0.264 e.